The molecule has 1 aromatic carbocycles. The molecule has 0 radical (unpaired) electrons. The van der Waals surface area contributed by atoms with Crippen molar-refractivity contribution in [2.45, 2.75) is 0 Å². The number of carbonyl (C=O) groups excluding carboxylic acids is 1. The van der Waals surface area contributed by atoms with Gasteiger partial charge in [0.25, 0.3) is 5.91 Å². The van der Waals surface area contributed by atoms with Crippen LogP contribution in [0.3, 0.4) is 0 Å². The molecule has 1 aliphatic heterocycles. The molecule has 3 rings (SSSR count). The number of pyridine rings is 1. The average molecular weight is 198 g/mol. The van der Waals surface area contributed by atoms with Crippen LogP contribution in [0.4, 0.5) is 5.82 Å². The molecule has 0 atom stereocenters. The maximum Gasteiger partial charge on any atom is 0.257 e. The quantitative estimate of drug-likeness (QED) is 0.691. The number of hydrogen-bond donors (Lipinski definition) is 1. The Morgan fingerprint density at radius 1 is 1.13 bits per heavy atom. The van der Waals surface area contributed by atoms with E-state index >= 15 is 0 Å². The minimum atomic E-state index is -0.204. The minimum Gasteiger partial charge on any atom is -0.306 e. The van der Waals surface area contributed by atoms with E-state index in [4.69, 9.17) is 0 Å². The fourth-order valence-electron chi connectivity index (χ4n) is 1.80. The van der Waals surface area contributed by atoms with Crippen molar-refractivity contribution in [2.75, 3.05) is 5.32 Å². The van der Waals surface area contributed by atoms with Crippen LogP contribution in [0.2, 0.25) is 0 Å². The first kappa shape index (κ1) is 8.11. The van der Waals surface area contributed by atoms with Crippen molar-refractivity contribution in [1.82, 2.24) is 4.98 Å². The lowest BCUT2D eigenvalue weighted by atomic mass is 10.1. The van der Waals surface area contributed by atoms with Crippen LogP contribution in [-0.4, -0.2) is 10.9 Å². The van der Waals surface area contributed by atoms with Crippen LogP contribution >= 0.6 is 0 Å². The van der Waals surface area contributed by atoms with E-state index in [-0.39, 0.29) is 11.3 Å². The Hall–Kier alpha value is -2.23. The number of aromatic nitrogens is 1. The van der Waals surface area contributed by atoms with Crippen LogP contribution in [0.15, 0.2) is 35.3 Å². The smallest absolute Gasteiger partial charge is 0.257 e. The first-order chi connectivity index (χ1) is 7.27. The molecule has 2 heterocycles. The summed E-state index contributed by atoms with van der Waals surface area (Å²) in [6.45, 7) is 0. The molecule has 0 saturated heterocycles. The number of amides is 1. The number of rotatable bonds is 0. The number of carbonyl (C=O) groups is 1. The maximum absolute atomic E-state index is 11.7. The van der Waals surface area contributed by atoms with Crippen molar-refractivity contribution < 1.29 is 4.79 Å². The summed E-state index contributed by atoms with van der Waals surface area (Å²) in [7, 11) is 0. The molecule has 0 saturated carbocycles. The summed E-state index contributed by atoms with van der Waals surface area (Å²) in [5, 5.41) is 3.77. The second-order valence-corrected chi connectivity index (χ2v) is 3.34. The highest BCUT2D eigenvalue weighted by molar-refractivity contribution is 6.22. The van der Waals surface area contributed by atoms with Gasteiger partial charge in [0.2, 0.25) is 0 Å². The first-order valence-corrected chi connectivity index (χ1v) is 4.51. The molecular formula is C11H6N2O2. The molecule has 2 aromatic rings. The molecule has 0 aliphatic carbocycles. The third kappa shape index (κ3) is 0.985. The van der Waals surface area contributed by atoms with Gasteiger partial charge in [-0.1, -0.05) is 6.07 Å². The van der Waals surface area contributed by atoms with Gasteiger partial charge in [0.15, 0.2) is 5.43 Å². The Balaban J connectivity index is 2.69. The molecule has 4 heteroatoms. The van der Waals surface area contributed by atoms with Gasteiger partial charge in [-0.15, -0.1) is 0 Å². The van der Waals surface area contributed by atoms with Gasteiger partial charge in [0, 0.05) is 17.0 Å². The molecular weight excluding hydrogens is 192 g/mol. The highest BCUT2D eigenvalue weighted by Crippen LogP contribution is 2.27. The second-order valence-electron chi connectivity index (χ2n) is 3.34. The number of nitrogens with one attached hydrogen (secondary N) is 1. The normalized spacial score (nSPS) is 12.9. The van der Waals surface area contributed by atoms with Crippen molar-refractivity contribution in [3.63, 3.8) is 0 Å². The molecule has 15 heavy (non-hydrogen) atoms. The predicted molar refractivity (Wildman–Crippen MR) is 56.0 cm³/mol. The van der Waals surface area contributed by atoms with Crippen LogP contribution in [-0.2, 0) is 0 Å². The van der Waals surface area contributed by atoms with Crippen LogP contribution in [0, 0.1) is 0 Å². The zero-order valence-electron chi connectivity index (χ0n) is 7.65. The van der Waals surface area contributed by atoms with Gasteiger partial charge in [0.1, 0.15) is 5.82 Å². The molecule has 0 fully saturated rings. The number of hydrogen-bond acceptors (Lipinski definition) is 3. The van der Waals surface area contributed by atoms with E-state index in [0.29, 0.717) is 22.2 Å². The van der Waals surface area contributed by atoms with Crippen LogP contribution in [0.1, 0.15) is 10.4 Å². The van der Waals surface area contributed by atoms with Crippen molar-refractivity contribution in [2.24, 2.45) is 0 Å². The molecule has 1 amide bonds. The topological polar surface area (TPSA) is 59.1 Å². The molecule has 0 spiro atoms. The standard InChI is InChI=1S/C11H6N2O2/c14-8-3-1-2-7-9-6(8)4-5-12-10(9)13-11(7)15/h1-5H,(H,12,13,15). The van der Waals surface area contributed by atoms with Gasteiger partial charge >= 0.3 is 0 Å². The Bertz CT molecular complexity index is 650. The minimum absolute atomic E-state index is 0.101. The highest BCUT2D eigenvalue weighted by atomic mass is 16.2. The van der Waals surface area contributed by atoms with Crippen LogP contribution in [0.5, 0.6) is 0 Å². The fourth-order valence-corrected chi connectivity index (χ4v) is 1.80. The van der Waals surface area contributed by atoms with E-state index in [1.165, 1.54) is 12.3 Å². The van der Waals surface area contributed by atoms with Gasteiger partial charge < -0.3 is 5.32 Å². The second kappa shape index (κ2) is 2.63. The van der Waals surface area contributed by atoms with E-state index in [0.717, 1.165) is 0 Å². The number of anilines is 1. The summed E-state index contributed by atoms with van der Waals surface area (Å²) in [5.41, 5.74) is 0.409. The lowest BCUT2D eigenvalue weighted by Gasteiger charge is -1.93. The Labute approximate surface area is 84.6 Å². The zero-order chi connectivity index (χ0) is 10.4. The predicted octanol–water partition coefficient (Wildman–Crippen LogP) is 1.16. The lowest BCUT2D eigenvalue weighted by Crippen LogP contribution is -2.04. The van der Waals surface area contributed by atoms with E-state index in [1.54, 1.807) is 18.2 Å². The van der Waals surface area contributed by atoms with Crippen molar-refractivity contribution in [1.29, 1.82) is 0 Å². The maximum atomic E-state index is 11.7. The van der Waals surface area contributed by atoms with Crippen LogP contribution < -0.4 is 10.7 Å². The van der Waals surface area contributed by atoms with Gasteiger partial charge in [-0.25, -0.2) is 4.98 Å². The van der Waals surface area contributed by atoms with E-state index < -0.39 is 0 Å². The number of nitrogens with zero attached hydrogens (tertiary/aromatic N) is 1. The summed E-state index contributed by atoms with van der Waals surface area (Å²) in [6.07, 6.45) is 1.52. The molecule has 1 N–H and O–H groups in total. The SMILES string of the molecule is O=C1Nc2nccc3c(=O)cccc1c23. The summed E-state index contributed by atoms with van der Waals surface area (Å²) in [4.78, 5) is 27.2. The molecule has 1 aliphatic rings. The van der Waals surface area contributed by atoms with Crippen molar-refractivity contribution in [3.05, 3.63) is 46.2 Å². The monoisotopic (exact) mass is 198 g/mol. The first-order valence-electron chi connectivity index (χ1n) is 4.51. The van der Waals surface area contributed by atoms with Crippen LogP contribution in [0.25, 0.3) is 10.8 Å². The average Bonchev–Trinajstić information content (AvgIpc) is 2.43. The Morgan fingerprint density at radius 2 is 2.00 bits per heavy atom. The van der Waals surface area contributed by atoms with Crippen molar-refractivity contribution >= 4 is 22.5 Å². The van der Waals surface area contributed by atoms with E-state index in [9.17, 15) is 9.59 Å². The summed E-state index contributed by atoms with van der Waals surface area (Å²) in [6, 6.07) is 6.31. The molecule has 0 bridgehead atoms. The molecule has 72 valence electrons. The van der Waals surface area contributed by atoms with Gasteiger partial charge in [-0.3, -0.25) is 9.59 Å². The largest absolute Gasteiger partial charge is 0.306 e. The van der Waals surface area contributed by atoms with E-state index in [2.05, 4.69) is 10.3 Å². The van der Waals surface area contributed by atoms with Gasteiger partial charge in [0.05, 0.1) is 5.56 Å². The molecule has 1 aromatic heterocycles. The lowest BCUT2D eigenvalue weighted by molar-refractivity contribution is 0.103. The summed E-state index contributed by atoms with van der Waals surface area (Å²) < 4.78 is 0. The summed E-state index contributed by atoms with van der Waals surface area (Å²) >= 11 is 0. The highest BCUT2D eigenvalue weighted by Gasteiger charge is 2.21. The molecule has 0 unspecified atom stereocenters. The fraction of sp³-hybridized carbons (Fsp3) is 0. The Morgan fingerprint density at radius 3 is 2.87 bits per heavy atom. The van der Waals surface area contributed by atoms with Crippen molar-refractivity contribution in [3.8, 4) is 0 Å². The molecule has 4 nitrogen and oxygen atoms in total. The summed E-state index contributed by atoms with van der Waals surface area (Å²) in [5.74, 6) is 0.269. The Kier molecular flexibility index (Phi) is 1.42. The third-order valence-corrected chi connectivity index (χ3v) is 2.47. The zero-order valence-corrected chi connectivity index (χ0v) is 7.65. The van der Waals surface area contributed by atoms with Gasteiger partial charge in [-0.2, -0.15) is 0 Å². The van der Waals surface area contributed by atoms with Gasteiger partial charge in [-0.05, 0) is 18.2 Å². The van der Waals surface area contributed by atoms with E-state index in [1.807, 2.05) is 0 Å². The third-order valence-electron chi connectivity index (χ3n) is 2.47.